The Hall–Kier alpha value is -3.59. The zero-order chi connectivity index (χ0) is 18.5. The largest absolute Gasteiger partial charge is 0.342 e. The molecular weight excluding hydrogens is 364 g/mol. The summed E-state index contributed by atoms with van der Waals surface area (Å²) >= 11 is 1.33. The Labute approximate surface area is 158 Å². The minimum atomic E-state index is -0.315. The first-order valence-corrected chi connectivity index (χ1v) is 8.95. The van der Waals surface area contributed by atoms with Crippen LogP contribution < -0.4 is 10.6 Å². The van der Waals surface area contributed by atoms with E-state index in [9.17, 15) is 4.79 Å². The van der Waals surface area contributed by atoms with E-state index >= 15 is 0 Å². The monoisotopic (exact) mass is 378 g/mol. The quantitative estimate of drug-likeness (QED) is 0.530. The number of aromatic nitrogens is 4. The minimum Gasteiger partial charge on any atom is -0.342 e. The van der Waals surface area contributed by atoms with E-state index in [0.717, 1.165) is 11.3 Å². The zero-order valence-corrected chi connectivity index (χ0v) is 14.8. The average Bonchev–Trinajstić information content (AvgIpc) is 3.37. The molecule has 0 saturated heterocycles. The number of benzene rings is 1. The highest BCUT2D eigenvalue weighted by molar-refractivity contribution is 7.14. The van der Waals surface area contributed by atoms with E-state index in [1.807, 2.05) is 42.5 Å². The van der Waals surface area contributed by atoms with E-state index in [4.69, 9.17) is 4.52 Å². The third-order valence-electron chi connectivity index (χ3n) is 3.55. The van der Waals surface area contributed by atoms with E-state index < -0.39 is 0 Å². The normalized spacial score (nSPS) is 10.5. The fraction of sp³-hybridized carbons (Fsp3) is 0.0556. The Morgan fingerprint density at radius 1 is 1.11 bits per heavy atom. The molecule has 0 unspecified atom stereocenters. The van der Waals surface area contributed by atoms with Crippen LogP contribution in [0.3, 0.4) is 0 Å². The molecule has 4 rings (SSSR count). The number of hydrogen-bond donors (Lipinski definition) is 2. The second-order valence-electron chi connectivity index (χ2n) is 5.47. The van der Waals surface area contributed by atoms with Gasteiger partial charge in [-0.15, -0.1) is 11.3 Å². The van der Waals surface area contributed by atoms with Gasteiger partial charge in [-0.3, -0.25) is 9.78 Å². The van der Waals surface area contributed by atoms with E-state index in [-0.39, 0.29) is 12.5 Å². The Bertz CT molecular complexity index is 1030. The minimum absolute atomic E-state index is 0.127. The molecule has 9 heteroatoms. The number of thiazole rings is 1. The lowest BCUT2D eigenvalue weighted by Gasteiger charge is -2.00. The predicted octanol–water partition coefficient (Wildman–Crippen LogP) is 3.26. The molecule has 0 saturated carbocycles. The zero-order valence-electron chi connectivity index (χ0n) is 14.0. The molecule has 0 spiro atoms. The number of carbonyl (C=O) groups is 1. The van der Waals surface area contributed by atoms with Gasteiger partial charge >= 0.3 is 0 Å². The lowest BCUT2D eigenvalue weighted by molar-refractivity contribution is 0.0942. The summed E-state index contributed by atoms with van der Waals surface area (Å²) in [6.45, 7) is 0.127. The molecule has 0 fully saturated rings. The van der Waals surface area contributed by atoms with Crippen LogP contribution in [0.15, 0.2) is 64.8 Å². The van der Waals surface area contributed by atoms with Crippen molar-refractivity contribution in [3.05, 3.63) is 71.8 Å². The van der Waals surface area contributed by atoms with Crippen molar-refractivity contribution < 1.29 is 9.32 Å². The second-order valence-corrected chi connectivity index (χ2v) is 6.32. The van der Waals surface area contributed by atoms with E-state index in [1.165, 1.54) is 11.3 Å². The van der Waals surface area contributed by atoms with Crippen molar-refractivity contribution in [3.8, 4) is 11.4 Å². The summed E-state index contributed by atoms with van der Waals surface area (Å²) in [6, 6.07) is 13.2. The van der Waals surface area contributed by atoms with Crippen molar-refractivity contribution in [2.45, 2.75) is 6.54 Å². The first-order chi connectivity index (χ1) is 13.3. The standard InChI is InChI=1S/C18H14N6O2S/c25-17(14-11-27-18(22-14)21-13-7-4-8-19-9-13)20-10-15-23-16(24-26-15)12-5-2-1-3-6-12/h1-9,11H,10H2,(H,20,25)(H,21,22). The molecule has 4 aromatic rings. The third-order valence-corrected chi connectivity index (χ3v) is 4.31. The molecule has 0 atom stereocenters. The van der Waals surface area contributed by atoms with Crippen LogP contribution in [-0.4, -0.2) is 26.0 Å². The van der Waals surface area contributed by atoms with Gasteiger partial charge < -0.3 is 15.2 Å². The highest BCUT2D eigenvalue weighted by Gasteiger charge is 2.13. The summed E-state index contributed by atoms with van der Waals surface area (Å²) in [5.74, 6) is 0.493. The van der Waals surface area contributed by atoms with Crippen molar-refractivity contribution in [2.75, 3.05) is 5.32 Å². The van der Waals surface area contributed by atoms with Gasteiger partial charge in [0.15, 0.2) is 5.13 Å². The number of amides is 1. The Morgan fingerprint density at radius 3 is 2.81 bits per heavy atom. The van der Waals surface area contributed by atoms with Crippen LogP contribution >= 0.6 is 11.3 Å². The number of carbonyl (C=O) groups excluding carboxylic acids is 1. The maximum atomic E-state index is 12.3. The highest BCUT2D eigenvalue weighted by atomic mass is 32.1. The third kappa shape index (κ3) is 4.15. The van der Waals surface area contributed by atoms with Gasteiger partial charge in [-0.2, -0.15) is 4.98 Å². The summed E-state index contributed by atoms with van der Waals surface area (Å²) in [5.41, 5.74) is 1.97. The lowest BCUT2D eigenvalue weighted by Crippen LogP contribution is -2.23. The summed E-state index contributed by atoms with van der Waals surface area (Å²) < 4.78 is 5.18. The van der Waals surface area contributed by atoms with E-state index in [0.29, 0.717) is 22.5 Å². The fourth-order valence-corrected chi connectivity index (χ4v) is 2.98. The Kier molecular flexibility index (Phi) is 4.84. The predicted molar refractivity (Wildman–Crippen MR) is 101 cm³/mol. The Balaban J connectivity index is 1.35. The molecule has 0 bridgehead atoms. The average molecular weight is 378 g/mol. The van der Waals surface area contributed by atoms with Gasteiger partial charge in [0.2, 0.25) is 11.7 Å². The summed E-state index contributed by atoms with van der Waals surface area (Å²) in [5, 5.41) is 12.0. The molecule has 0 radical (unpaired) electrons. The van der Waals surface area contributed by atoms with Crippen LogP contribution in [0.5, 0.6) is 0 Å². The molecule has 8 nitrogen and oxygen atoms in total. The summed E-state index contributed by atoms with van der Waals surface area (Å²) in [6.07, 6.45) is 3.37. The highest BCUT2D eigenvalue weighted by Crippen LogP contribution is 2.20. The van der Waals surface area contributed by atoms with Gasteiger partial charge in [0.25, 0.3) is 5.91 Å². The number of rotatable bonds is 6. The molecule has 0 aliphatic rings. The van der Waals surface area contributed by atoms with E-state index in [2.05, 4.69) is 30.7 Å². The molecule has 3 heterocycles. The number of anilines is 2. The van der Waals surface area contributed by atoms with E-state index in [1.54, 1.807) is 17.8 Å². The van der Waals surface area contributed by atoms with Crippen LogP contribution in [0.2, 0.25) is 0 Å². The molecule has 134 valence electrons. The van der Waals surface area contributed by atoms with Crippen molar-refractivity contribution in [2.24, 2.45) is 0 Å². The first-order valence-electron chi connectivity index (χ1n) is 8.07. The number of pyridine rings is 1. The van der Waals surface area contributed by atoms with Crippen LogP contribution in [0.25, 0.3) is 11.4 Å². The lowest BCUT2D eigenvalue weighted by atomic mass is 10.2. The van der Waals surface area contributed by atoms with Crippen molar-refractivity contribution in [1.82, 2.24) is 25.4 Å². The van der Waals surface area contributed by atoms with Crippen LogP contribution in [0.1, 0.15) is 16.4 Å². The van der Waals surface area contributed by atoms with Gasteiger partial charge in [0.05, 0.1) is 18.4 Å². The molecule has 0 aliphatic carbocycles. The molecular formula is C18H14N6O2S. The molecule has 1 amide bonds. The SMILES string of the molecule is O=C(NCc1nc(-c2ccccc2)no1)c1csc(Nc2cccnc2)n1. The smallest absolute Gasteiger partial charge is 0.271 e. The van der Waals surface area contributed by atoms with Gasteiger partial charge in [0, 0.05) is 17.1 Å². The van der Waals surface area contributed by atoms with Gasteiger partial charge in [-0.25, -0.2) is 4.98 Å². The molecule has 27 heavy (non-hydrogen) atoms. The topological polar surface area (TPSA) is 106 Å². The summed E-state index contributed by atoms with van der Waals surface area (Å²) in [4.78, 5) is 24.8. The van der Waals surface area contributed by atoms with Crippen molar-refractivity contribution in [3.63, 3.8) is 0 Å². The maximum absolute atomic E-state index is 12.3. The van der Waals surface area contributed by atoms with Crippen LogP contribution in [0.4, 0.5) is 10.8 Å². The van der Waals surface area contributed by atoms with Gasteiger partial charge in [0.1, 0.15) is 5.69 Å². The van der Waals surface area contributed by atoms with Crippen molar-refractivity contribution >= 4 is 28.1 Å². The summed E-state index contributed by atoms with van der Waals surface area (Å²) in [7, 11) is 0. The molecule has 2 N–H and O–H groups in total. The van der Waals surface area contributed by atoms with Gasteiger partial charge in [-0.05, 0) is 12.1 Å². The second kappa shape index (κ2) is 7.75. The molecule has 0 aliphatic heterocycles. The molecule has 3 aromatic heterocycles. The first kappa shape index (κ1) is 16.9. The van der Waals surface area contributed by atoms with Crippen LogP contribution in [-0.2, 0) is 6.54 Å². The molecule has 1 aromatic carbocycles. The number of nitrogens with zero attached hydrogens (tertiary/aromatic N) is 4. The number of hydrogen-bond acceptors (Lipinski definition) is 8. The Morgan fingerprint density at radius 2 is 2.00 bits per heavy atom. The fourth-order valence-electron chi connectivity index (χ4n) is 2.27. The van der Waals surface area contributed by atoms with Gasteiger partial charge in [-0.1, -0.05) is 35.5 Å². The van der Waals surface area contributed by atoms with Crippen LogP contribution in [0, 0.1) is 0 Å². The van der Waals surface area contributed by atoms with Crippen molar-refractivity contribution in [1.29, 1.82) is 0 Å². The number of nitrogens with one attached hydrogen (secondary N) is 2. The maximum Gasteiger partial charge on any atom is 0.271 e.